The number of rotatable bonds is 4. The lowest BCUT2D eigenvalue weighted by molar-refractivity contribution is -0.0437. The fraction of sp³-hybridized carbons (Fsp3) is 0.231. The lowest BCUT2D eigenvalue weighted by atomic mass is 9.90. The van der Waals surface area contributed by atoms with E-state index in [1.165, 1.54) is 29.2 Å². The lowest BCUT2D eigenvalue weighted by Gasteiger charge is -2.40. The molecule has 2 nitrogen and oxygen atoms in total. The number of unbranched alkanes of at least 4 members (excludes halogenated alkanes) is 2. The molecule has 3 aromatic carbocycles. The van der Waals surface area contributed by atoms with E-state index in [9.17, 15) is 0 Å². The van der Waals surface area contributed by atoms with Crippen molar-refractivity contribution in [2.24, 2.45) is 0 Å². The van der Waals surface area contributed by atoms with Gasteiger partial charge in [0.25, 0.3) is 5.79 Å². The molecule has 1 spiro atoms. The minimum absolute atomic E-state index is 0.850. The quantitative estimate of drug-likeness (QED) is 0.462. The van der Waals surface area contributed by atoms with Crippen LogP contribution in [0.25, 0.3) is 22.9 Å². The smallest absolute Gasteiger partial charge is 0.294 e. The van der Waals surface area contributed by atoms with E-state index in [0.29, 0.717) is 0 Å². The summed E-state index contributed by atoms with van der Waals surface area (Å²) in [5.41, 5.74) is 3.44. The molecule has 0 saturated carbocycles. The van der Waals surface area contributed by atoms with E-state index in [0.717, 1.165) is 35.5 Å². The zero-order valence-corrected chi connectivity index (χ0v) is 16.2. The van der Waals surface area contributed by atoms with Gasteiger partial charge in [0.1, 0.15) is 11.5 Å². The minimum Gasteiger partial charge on any atom is -0.444 e. The van der Waals surface area contributed by atoms with E-state index in [1.807, 2.05) is 18.2 Å². The Kier molecular flexibility index (Phi) is 4.20. The molecule has 3 aromatic rings. The molecule has 28 heavy (non-hydrogen) atoms. The molecule has 1 atom stereocenters. The van der Waals surface area contributed by atoms with Gasteiger partial charge < -0.3 is 9.47 Å². The Morgan fingerprint density at radius 3 is 2.57 bits per heavy atom. The third kappa shape index (κ3) is 2.80. The van der Waals surface area contributed by atoms with Gasteiger partial charge in [-0.25, -0.2) is 0 Å². The molecule has 140 valence electrons. The van der Waals surface area contributed by atoms with Crippen molar-refractivity contribution >= 4 is 22.9 Å². The van der Waals surface area contributed by atoms with Gasteiger partial charge in [0.15, 0.2) is 0 Å². The van der Waals surface area contributed by atoms with Crippen LogP contribution >= 0.6 is 0 Å². The molecule has 0 aromatic heterocycles. The first kappa shape index (κ1) is 17.1. The summed E-state index contributed by atoms with van der Waals surface area (Å²) in [5.74, 6) is 0.898. The van der Waals surface area contributed by atoms with E-state index in [2.05, 4.69) is 67.6 Å². The van der Waals surface area contributed by atoms with E-state index in [4.69, 9.17) is 9.47 Å². The van der Waals surface area contributed by atoms with Crippen molar-refractivity contribution in [2.45, 2.75) is 38.4 Å². The van der Waals surface area contributed by atoms with Crippen LogP contribution in [0, 0.1) is 0 Å². The van der Waals surface area contributed by atoms with Gasteiger partial charge in [-0.05, 0) is 47.9 Å². The standard InChI is InChI=1S/C26H24O2/c1-2-3-4-11-21-18-23-22-12-7-5-9-19(22)14-15-25(23)28-26(21)17-16-20-10-6-8-13-24(20)27-26/h5-10,12-18H,2-4,11H2,1H3. The Bertz CT molecular complexity index is 1090. The lowest BCUT2D eigenvalue weighted by Crippen LogP contribution is -2.45. The molecule has 2 heteroatoms. The van der Waals surface area contributed by atoms with Crippen molar-refractivity contribution in [3.05, 3.63) is 83.4 Å². The summed E-state index contributed by atoms with van der Waals surface area (Å²) in [7, 11) is 0. The number of hydrogen-bond acceptors (Lipinski definition) is 2. The van der Waals surface area contributed by atoms with Crippen molar-refractivity contribution in [1.29, 1.82) is 0 Å². The van der Waals surface area contributed by atoms with Crippen LogP contribution in [0.4, 0.5) is 0 Å². The first-order valence-electron chi connectivity index (χ1n) is 10.2. The molecule has 0 aliphatic carbocycles. The molecule has 0 bridgehead atoms. The number of hydrogen-bond donors (Lipinski definition) is 0. The normalized spacial score (nSPS) is 19.5. The molecule has 1 unspecified atom stereocenters. The fourth-order valence-corrected chi connectivity index (χ4v) is 4.16. The van der Waals surface area contributed by atoms with Gasteiger partial charge in [-0.2, -0.15) is 0 Å². The molecule has 0 N–H and O–H groups in total. The van der Waals surface area contributed by atoms with Crippen LogP contribution in [0.1, 0.15) is 43.7 Å². The van der Waals surface area contributed by atoms with Gasteiger partial charge in [-0.15, -0.1) is 0 Å². The fourth-order valence-electron chi connectivity index (χ4n) is 4.16. The molecule has 5 rings (SSSR count). The summed E-state index contributed by atoms with van der Waals surface area (Å²) in [6.07, 6.45) is 11.0. The van der Waals surface area contributed by atoms with Crippen molar-refractivity contribution in [3.8, 4) is 11.5 Å². The van der Waals surface area contributed by atoms with Crippen molar-refractivity contribution in [2.75, 3.05) is 0 Å². The number of ether oxygens (including phenoxy) is 2. The van der Waals surface area contributed by atoms with Crippen LogP contribution in [-0.2, 0) is 0 Å². The highest BCUT2D eigenvalue weighted by Gasteiger charge is 2.42. The van der Waals surface area contributed by atoms with Crippen LogP contribution in [0.15, 0.2) is 72.3 Å². The molecular weight excluding hydrogens is 344 g/mol. The van der Waals surface area contributed by atoms with Crippen LogP contribution in [-0.4, -0.2) is 5.79 Å². The largest absolute Gasteiger partial charge is 0.444 e. The second kappa shape index (κ2) is 6.87. The summed E-state index contributed by atoms with van der Waals surface area (Å²) in [4.78, 5) is 0. The summed E-state index contributed by atoms with van der Waals surface area (Å²) >= 11 is 0. The van der Waals surface area contributed by atoms with Crippen molar-refractivity contribution < 1.29 is 9.47 Å². The number of fused-ring (bicyclic) bond motifs is 4. The average Bonchev–Trinajstić information content (AvgIpc) is 2.74. The predicted octanol–water partition coefficient (Wildman–Crippen LogP) is 7.00. The monoisotopic (exact) mass is 368 g/mol. The third-order valence-corrected chi connectivity index (χ3v) is 5.67. The summed E-state index contributed by atoms with van der Waals surface area (Å²) in [6.45, 7) is 2.23. The zero-order chi connectivity index (χ0) is 19.0. The van der Waals surface area contributed by atoms with Crippen LogP contribution in [0.5, 0.6) is 11.5 Å². The minimum atomic E-state index is -0.850. The SMILES string of the molecule is CCCCCC1=Cc2c(ccc3ccccc23)OC12C=Cc1ccccc1O2. The first-order chi connectivity index (χ1) is 13.8. The second-order valence-electron chi connectivity index (χ2n) is 7.57. The van der Waals surface area contributed by atoms with Crippen molar-refractivity contribution in [3.63, 3.8) is 0 Å². The molecular formula is C26H24O2. The van der Waals surface area contributed by atoms with Crippen LogP contribution in [0.2, 0.25) is 0 Å². The Morgan fingerprint density at radius 2 is 1.64 bits per heavy atom. The number of para-hydroxylation sites is 1. The van der Waals surface area contributed by atoms with Gasteiger partial charge in [-0.1, -0.05) is 68.3 Å². The van der Waals surface area contributed by atoms with Gasteiger partial charge in [0.05, 0.1) is 0 Å². The molecule has 2 aliphatic heterocycles. The maximum Gasteiger partial charge on any atom is 0.294 e. The van der Waals surface area contributed by atoms with Gasteiger partial charge >= 0.3 is 0 Å². The first-order valence-corrected chi connectivity index (χ1v) is 10.2. The summed E-state index contributed by atoms with van der Waals surface area (Å²) in [5, 5.41) is 2.46. The van der Waals surface area contributed by atoms with Crippen LogP contribution < -0.4 is 9.47 Å². The Labute approximate surface area is 166 Å². The summed E-state index contributed by atoms with van der Waals surface area (Å²) < 4.78 is 13.1. The molecule has 0 radical (unpaired) electrons. The molecule has 0 amide bonds. The maximum absolute atomic E-state index is 6.59. The number of benzene rings is 3. The maximum atomic E-state index is 6.59. The average molecular weight is 368 g/mol. The highest BCUT2D eigenvalue weighted by Crippen LogP contribution is 2.45. The van der Waals surface area contributed by atoms with E-state index in [1.54, 1.807) is 0 Å². The van der Waals surface area contributed by atoms with Gasteiger partial charge in [-0.3, -0.25) is 0 Å². The van der Waals surface area contributed by atoms with Crippen LogP contribution in [0.3, 0.4) is 0 Å². The topological polar surface area (TPSA) is 18.5 Å². The van der Waals surface area contributed by atoms with E-state index in [-0.39, 0.29) is 0 Å². The Morgan fingerprint density at radius 1 is 0.821 bits per heavy atom. The second-order valence-corrected chi connectivity index (χ2v) is 7.57. The molecule has 0 saturated heterocycles. The van der Waals surface area contributed by atoms with E-state index >= 15 is 0 Å². The molecule has 2 aliphatic rings. The highest BCUT2D eigenvalue weighted by molar-refractivity contribution is 5.94. The predicted molar refractivity (Wildman–Crippen MR) is 116 cm³/mol. The molecule has 0 fully saturated rings. The van der Waals surface area contributed by atoms with Crippen molar-refractivity contribution in [1.82, 2.24) is 0 Å². The Balaban J connectivity index is 1.63. The molecule has 2 heterocycles. The third-order valence-electron chi connectivity index (χ3n) is 5.67. The van der Waals surface area contributed by atoms with Gasteiger partial charge in [0.2, 0.25) is 0 Å². The zero-order valence-electron chi connectivity index (χ0n) is 16.2. The van der Waals surface area contributed by atoms with Gasteiger partial charge in [0, 0.05) is 22.8 Å². The Hall–Kier alpha value is -3.00. The van der Waals surface area contributed by atoms with E-state index < -0.39 is 5.79 Å². The summed E-state index contributed by atoms with van der Waals surface area (Å²) in [6, 6.07) is 20.8. The highest BCUT2D eigenvalue weighted by atomic mass is 16.7.